The molecule has 0 unspecified atom stereocenters. The summed E-state index contributed by atoms with van der Waals surface area (Å²) in [5, 5.41) is 3.77. The maximum absolute atomic E-state index is 12.6. The molecule has 0 aromatic heterocycles. The SMILES string of the molecule is CS(=O)(=O)N(Cc1ccccc1Cl)c1ccc(C(=O)Nc2c(Cl)cccc2Cl)cc1. The zero-order valence-electron chi connectivity index (χ0n) is 15.8. The number of anilines is 2. The molecule has 3 aromatic carbocycles. The van der Waals surface area contributed by atoms with Crippen molar-refractivity contribution >= 4 is 62.1 Å². The molecule has 30 heavy (non-hydrogen) atoms. The molecule has 9 heteroatoms. The van der Waals surface area contributed by atoms with E-state index in [9.17, 15) is 13.2 Å². The quantitative estimate of drug-likeness (QED) is 0.477. The van der Waals surface area contributed by atoms with Gasteiger partial charge in [0.25, 0.3) is 5.91 Å². The van der Waals surface area contributed by atoms with Gasteiger partial charge in [-0.15, -0.1) is 0 Å². The van der Waals surface area contributed by atoms with Gasteiger partial charge in [0.05, 0.1) is 34.2 Å². The van der Waals surface area contributed by atoms with Crippen molar-refractivity contribution < 1.29 is 13.2 Å². The van der Waals surface area contributed by atoms with E-state index in [4.69, 9.17) is 34.8 Å². The van der Waals surface area contributed by atoms with Crippen LogP contribution >= 0.6 is 34.8 Å². The van der Waals surface area contributed by atoms with Crippen LogP contribution in [0.1, 0.15) is 15.9 Å². The molecule has 0 saturated heterocycles. The lowest BCUT2D eigenvalue weighted by atomic mass is 10.1. The lowest BCUT2D eigenvalue weighted by Gasteiger charge is -2.23. The molecule has 0 bridgehead atoms. The Kier molecular flexibility index (Phi) is 6.93. The first kappa shape index (κ1) is 22.4. The van der Waals surface area contributed by atoms with E-state index < -0.39 is 15.9 Å². The smallest absolute Gasteiger partial charge is 0.255 e. The molecule has 0 fully saturated rings. The molecule has 0 saturated carbocycles. The lowest BCUT2D eigenvalue weighted by molar-refractivity contribution is 0.102. The summed E-state index contributed by atoms with van der Waals surface area (Å²) in [6, 6.07) is 18.1. The van der Waals surface area contributed by atoms with Gasteiger partial charge in [0.1, 0.15) is 0 Å². The second kappa shape index (κ2) is 9.27. The molecule has 0 spiro atoms. The molecule has 0 heterocycles. The minimum absolute atomic E-state index is 0.0687. The Hall–Kier alpha value is -2.25. The van der Waals surface area contributed by atoms with E-state index in [1.165, 1.54) is 16.4 Å². The van der Waals surface area contributed by atoms with Gasteiger partial charge in [0.15, 0.2) is 0 Å². The van der Waals surface area contributed by atoms with Crippen LogP contribution in [0.5, 0.6) is 0 Å². The number of nitrogens with zero attached hydrogens (tertiary/aromatic N) is 1. The molecule has 0 aliphatic rings. The average molecular weight is 484 g/mol. The third-order valence-corrected chi connectivity index (χ3v) is 6.43. The monoisotopic (exact) mass is 482 g/mol. The fourth-order valence-corrected chi connectivity index (χ4v) is 4.33. The van der Waals surface area contributed by atoms with E-state index in [1.807, 2.05) is 0 Å². The van der Waals surface area contributed by atoms with Crippen LogP contribution < -0.4 is 9.62 Å². The highest BCUT2D eigenvalue weighted by molar-refractivity contribution is 7.92. The third kappa shape index (κ3) is 5.26. The zero-order valence-corrected chi connectivity index (χ0v) is 18.9. The van der Waals surface area contributed by atoms with Gasteiger partial charge < -0.3 is 5.32 Å². The molecule has 1 amide bonds. The van der Waals surface area contributed by atoms with Crippen molar-refractivity contribution in [3.63, 3.8) is 0 Å². The number of sulfonamides is 1. The van der Waals surface area contributed by atoms with Gasteiger partial charge in [0.2, 0.25) is 10.0 Å². The van der Waals surface area contributed by atoms with Crippen LogP contribution in [0.3, 0.4) is 0 Å². The number of carbonyl (C=O) groups excluding carboxylic acids is 1. The Bertz CT molecular complexity index is 1160. The largest absolute Gasteiger partial charge is 0.319 e. The summed E-state index contributed by atoms with van der Waals surface area (Å²) >= 11 is 18.3. The van der Waals surface area contributed by atoms with Crippen LogP contribution in [0.25, 0.3) is 0 Å². The minimum atomic E-state index is -3.59. The van der Waals surface area contributed by atoms with Gasteiger partial charge in [-0.3, -0.25) is 9.10 Å². The van der Waals surface area contributed by atoms with E-state index in [0.717, 1.165) is 6.26 Å². The van der Waals surface area contributed by atoms with E-state index in [2.05, 4.69) is 5.32 Å². The van der Waals surface area contributed by atoms with Gasteiger partial charge >= 0.3 is 0 Å². The number of halogens is 3. The molecule has 0 atom stereocenters. The molecular formula is C21H17Cl3N2O3S. The number of benzene rings is 3. The summed E-state index contributed by atoms with van der Waals surface area (Å²) in [5.74, 6) is -0.423. The van der Waals surface area contributed by atoms with Crippen molar-refractivity contribution in [2.45, 2.75) is 6.54 Å². The van der Waals surface area contributed by atoms with Crippen molar-refractivity contribution in [1.82, 2.24) is 0 Å². The molecular weight excluding hydrogens is 467 g/mol. The molecule has 156 valence electrons. The summed E-state index contributed by atoms with van der Waals surface area (Å²) in [7, 11) is -3.59. The van der Waals surface area contributed by atoms with Crippen LogP contribution in [-0.4, -0.2) is 20.6 Å². The van der Waals surface area contributed by atoms with Crippen molar-refractivity contribution in [2.24, 2.45) is 0 Å². The van der Waals surface area contributed by atoms with Crippen LogP contribution in [-0.2, 0) is 16.6 Å². The van der Waals surface area contributed by atoms with Gasteiger partial charge in [-0.2, -0.15) is 0 Å². The van der Waals surface area contributed by atoms with Crippen LogP contribution in [0, 0.1) is 0 Å². The maximum atomic E-state index is 12.6. The topological polar surface area (TPSA) is 66.5 Å². The first-order valence-corrected chi connectivity index (χ1v) is 11.7. The van der Waals surface area contributed by atoms with Gasteiger partial charge in [-0.1, -0.05) is 59.1 Å². The average Bonchev–Trinajstić information content (AvgIpc) is 2.69. The first-order chi connectivity index (χ1) is 14.2. The van der Waals surface area contributed by atoms with E-state index >= 15 is 0 Å². The summed E-state index contributed by atoms with van der Waals surface area (Å²) in [6.45, 7) is 0.0687. The lowest BCUT2D eigenvalue weighted by Crippen LogP contribution is -2.29. The second-order valence-corrected chi connectivity index (χ2v) is 9.59. The fourth-order valence-electron chi connectivity index (χ4n) is 2.76. The molecule has 5 nitrogen and oxygen atoms in total. The zero-order chi connectivity index (χ0) is 21.9. The van der Waals surface area contributed by atoms with Gasteiger partial charge in [-0.05, 0) is 48.0 Å². The number of amides is 1. The van der Waals surface area contributed by atoms with Crippen LogP contribution in [0.15, 0.2) is 66.7 Å². The number of para-hydroxylation sites is 1. The van der Waals surface area contributed by atoms with Gasteiger partial charge in [-0.25, -0.2) is 8.42 Å². The van der Waals surface area contributed by atoms with E-state index in [-0.39, 0.29) is 6.54 Å². The Balaban J connectivity index is 1.85. The maximum Gasteiger partial charge on any atom is 0.255 e. The molecule has 1 N–H and O–H groups in total. The summed E-state index contributed by atoms with van der Waals surface area (Å²) in [4.78, 5) is 12.6. The summed E-state index contributed by atoms with van der Waals surface area (Å²) < 4.78 is 25.9. The van der Waals surface area contributed by atoms with Crippen molar-refractivity contribution in [3.05, 3.63) is 92.9 Å². The number of rotatable bonds is 6. The number of hydrogen-bond donors (Lipinski definition) is 1. The Morgan fingerprint density at radius 1 is 0.867 bits per heavy atom. The summed E-state index contributed by atoms with van der Waals surface area (Å²) in [5.41, 5.74) is 1.71. The number of nitrogens with one attached hydrogen (secondary N) is 1. The van der Waals surface area contributed by atoms with Crippen molar-refractivity contribution in [3.8, 4) is 0 Å². The van der Waals surface area contributed by atoms with E-state index in [0.29, 0.717) is 37.6 Å². The number of carbonyl (C=O) groups is 1. The first-order valence-electron chi connectivity index (χ1n) is 8.73. The fraction of sp³-hybridized carbons (Fsp3) is 0.0952. The highest BCUT2D eigenvalue weighted by atomic mass is 35.5. The predicted molar refractivity (Wildman–Crippen MR) is 123 cm³/mol. The highest BCUT2D eigenvalue weighted by Gasteiger charge is 2.20. The summed E-state index contributed by atoms with van der Waals surface area (Å²) in [6.07, 6.45) is 1.11. The molecule has 0 radical (unpaired) electrons. The number of hydrogen-bond acceptors (Lipinski definition) is 3. The molecule has 0 aliphatic heterocycles. The molecule has 3 rings (SSSR count). The minimum Gasteiger partial charge on any atom is -0.319 e. The third-order valence-electron chi connectivity index (χ3n) is 4.29. The van der Waals surface area contributed by atoms with Crippen LogP contribution in [0.4, 0.5) is 11.4 Å². The second-order valence-electron chi connectivity index (χ2n) is 6.46. The Labute approximate surface area is 190 Å². The van der Waals surface area contributed by atoms with Gasteiger partial charge in [0, 0.05) is 10.6 Å². The highest BCUT2D eigenvalue weighted by Crippen LogP contribution is 2.30. The standard InChI is InChI=1S/C21H17Cl3N2O3S/c1-30(28,29)26(13-15-5-2-3-6-17(15)22)16-11-9-14(10-12-16)21(27)25-20-18(23)7-4-8-19(20)24/h2-12H,13H2,1H3,(H,25,27). The van der Waals surface area contributed by atoms with Crippen molar-refractivity contribution in [2.75, 3.05) is 15.9 Å². The van der Waals surface area contributed by atoms with Crippen LogP contribution in [0.2, 0.25) is 15.1 Å². The van der Waals surface area contributed by atoms with E-state index in [1.54, 1.807) is 54.6 Å². The molecule has 0 aliphatic carbocycles. The Morgan fingerprint density at radius 3 is 2.00 bits per heavy atom. The molecule has 3 aromatic rings. The normalized spacial score (nSPS) is 11.2. The van der Waals surface area contributed by atoms with Crippen molar-refractivity contribution in [1.29, 1.82) is 0 Å². The predicted octanol–water partition coefficient (Wildman–Crippen LogP) is 5.87. The Morgan fingerprint density at radius 2 is 1.43 bits per heavy atom.